The molecule has 26 heavy (non-hydrogen) atoms. The zero-order valence-electron chi connectivity index (χ0n) is 13.6. The zero-order chi connectivity index (χ0) is 19.3. The Hall–Kier alpha value is -2.55. The van der Waals surface area contributed by atoms with Crippen molar-refractivity contribution in [2.24, 2.45) is 0 Å². The fourth-order valence-electron chi connectivity index (χ4n) is 2.13. The third kappa shape index (κ3) is 5.48. The summed E-state index contributed by atoms with van der Waals surface area (Å²) >= 11 is 1.27. The molecule has 1 amide bonds. The van der Waals surface area contributed by atoms with Gasteiger partial charge in [0.05, 0.1) is 16.2 Å². The molecular formula is C17H15F3N2O3S. The van der Waals surface area contributed by atoms with E-state index < -0.39 is 16.7 Å². The topological polar surface area (TPSA) is 72.2 Å². The van der Waals surface area contributed by atoms with Crippen LogP contribution in [0.15, 0.2) is 48.5 Å². The average molecular weight is 384 g/mol. The summed E-state index contributed by atoms with van der Waals surface area (Å²) < 4.78 is 37.5. The smallest absolute Gasteiger partial charge is 0.325 e. The molecule has 0 aliphatic rings. The van der Waals surface area contributed by atoms with E-state index in [1.165, 1.54) is 36.0 Å². The highest BCUT2D eigenvalue weighted by Crippen LogP contribution is 2.31. The van der Waals surface area contributed by atoms with Crippen molar-refractivity contribution in [2.75, 3.05) is 11.1 Å². The van der Waals surface area contributed by atoms with E-state index in [-0.39, 0.29) is 28.3 Å². The van der Waals surface area contributed by atoms with Gasteiger partial charge in [0.25, 0.3) is 5.69 Å². The lowest BCUT2D eigenvalue weighted by Gasteiger charge is -2.12. The Bertz CT molecular complexity index is 795. The van der Waals surface area contributed by atoms with Gasteiger partial charge in [0.1, 0.15) is 0 Å². The molecule has 2 rings (SSSR count). The maximum Gasteiger partial charge on any atom is 0.416 e. The SMILES string of the molecule is C[C@H](SCC(=O)Nc1ccc(C(F)(F)F)cc1)c1cccc([N+](=O)[O-])c1. The van der Waals surface area contributed by atoms with Crippen molar-refractivity contribution in [3.05, 3.63) is 69.8 Å². The Kier molecular flexibility index (Phi) is 6.25. The zero-order valence-corrected chi connectivity index (χ0v) is 14.4. The molecule has 0 saturated carbocycles. The van der Waals surface area contributed by atoms with E-state index >= 15 is 0 Å². The van der Waals surface area contributed by atoms with Crippen LogP contribution < -0.4 is 5.32 Å². The summed E-state index contributed by atoms with van der Waals surface area (Å²) in [5.74, 6) is -0.308. The lowest BCUT2D eigenvalue weighted by atomic mass is 10.1. The normalized spacial score (nSPS) is 12.5. The maximum atomic E-state index is 12.5. The first-order valence-electron chi connectivity index (χ1n) is 7.50. The molecule has 0 heterocycles. The summed E-state index contributed by atoms with van der Waals surface area (Å²) in [5, 5.41) is 13.2. The Labute approximate surface area is 151 Å². The third-order valence-electron chi connectivity index (χ3n) is 3.51. The number of benzene rings is 2. The monoisotopic (exact) mass is 384 g/mol. The van der Waals surface area contributed by atoms with E-state index in [1.54, 1.807) is 12.1 Å². The van der Waals surface area contributed by atoms with E-state index in [2.05, 4.69) is 5.32 Å². The van der Waals surface area contributed by atoms with Gasteiger partial charge >= 0.3 is 6.18 Å². The predicted molar refractivity (Wildman–Crippen MR) is 94.0 cm³/mol. The second-order valence-electron chi connectivity index (χ2n) is 5.43. The van der Waals surface area contributed by atoms with Gasteiger partial charge in [-0.15, -0.1) is 11.8 Å². The second kappa shape index (κ2) is 8.22. The average Bonchev–Trinajstić information content (AvgIpc) is 2.59. The highest BCUT2D eigenvalue weighted by molar-refractivity contribution is 8.00. The molecule has 0 unspecified atom stereocenters. The molecule has 1 atom stereocenters. The molecule has 9 heteroatoms. The molecule has 0 fully saturated rings. The van der Waals surface area contributed by atoms with Crippen LogP contribution >= 0.6 is 11.8 Å². The van der Waals surface area contributed by atoms with E-state index in [4.69, 9.17) is 0 Å². The van der Waals surface area contributed by atoms with Crippen LogP contribution in [0.1, 0.15) is 23.3 Å². The van der Waals surface area contributed by atoms with Crippen LogP contribution in [0.2, 0.25) is 0 Å². The lowest BCUT2D eigenvalue weighted by molar-refractivity contribution is -0.384. The first-order valence-corrected chi connectivity index (χ1v) is 8.55. The number of carbonyl (C=O) groups is 1. The Balaban J connectivity index is 1.90. The summed E-state index contributed by atoms with van der Waals surface area (Å²) in [6.07, 6.45) is -4.42. The summed E-state index contributed by atoms with van der Waals surface area (Å²) in [6.45, 7) is 1.81. The number of nitro groups is 1. The number of halogens is 3. The minimum absolute atomic E-state index is 0.0239. The van der Waals surface area contributed by atoms with Gasteiger partial charge in [-0.2, -0.15) is 13.2 Å². The van der Waals surface area contributed by atoms with Gasteiger partial charge in [-0.25, -0.2) is 0 Å². The highest BCUT2D eigenvalue weighted by atomic mass is 32.2. The molecule has 0 aromatic heterocycles. The van der Waals surface area contributed by atoms with Gasteiger partial charge in [-0.1, -0.05) is 12.1 Å². The fourth-order valence-corrected chi connectivity index (χ4v) is 2.94. The number of nitrogens with zero attached hydrogens (tertiary/aromatic N) is 1. The summed E-state index contributed by atoms with van der Waals surface area (Å²) in [5.41, 5.74) is 0.173. The summed E-state index contributed by atoms with van der Waals surface area (Å²) in [6, 6.07) is 10.3. The van der Waals surface area contributed by atoms with Crippen molar-refractivity contribution in [3.63, 3.8) is 0 Å². The molecule has 1 N–H and O–H groups in total. The molecule has 0 radical (unpaired) electrons. The standard InChI is InChI=1S/C17H15F3N2O3S/c1-11(12-3-2-4-15(9-12)22(24)25)26-10-16(23)21-14-7-5-13(6-8-14)17(18,19)20/h2-9,11H,10H2,1H3,(H,21,23)/t11-/m0/s1. The van der Waals surface area contributed by atoms with E-state index in [0.717, 1.165) is 12.1 Å². The number of anilines is 1. The number of hydrogen-bond donors (Lipinski definition) is 1. The number of hydrogen-bond acceptors (Lipinski definition) is 4. The molecule has 0 spiro atoms. The van der Waals surface area contributed by atoms with Gasteiger partial charge in [0.2, 0.25) is 5.91 Å². The first-order chi connectivity index (χ1) is 12.2. The lowest BCUT2D eigenvalue weighted by Crippen LogP contribution is -2.15. The van der Waals surface area contributed by atoms with Crippen LogP contribution in [0.3, 0.4) is 0 Å². The number of rotatable bonds is 6. The third-order valence-corrected chi connectivity index (χ3v) is 4.71. The number of non-ortho nitro benzene ring substituents is 1. The quantitative estimate of drug-likeness (QED) is 0.559. The number of alkyl halides is 3. The van der Waals surface area contributed by atoms with Gasteiger partial charge in [-0.05, 0) is 36.8 Å². The van der Waals surface area contributed by atoms with E-state index in [0.29, 0.717) is 5.56 Å². The van der Waals surface area contributed by atoms with Crippen molar-refractivity contribution in [3.8, 4) is 0 Å². The molecule has 2 aromatic rings. The van der Waals surface area contributed by atoms with Crippen molar-refractivity contribution in [2.45, 2.75) is 18.3 Å². The molecule has 2 aromatic carbocycles. The van der Waals surface area contributed by atoms with Crippen molar-refractivity contribution >= 4 is 29.0 Å². The molecule has 0 bridgehead atoms. The van der Waals surface area contributed by atoms with Crippen LogP contribution in [-0.2, 0) is 11.0 Å². The largest absolute Gasteiger partial charge is 0.416 e. The van der Waals surface area contributed by atoms with Crippen LogP contribution in [-0.4, -0.2) is 16.6 Å². The first kappa shape index (κ1) is 19.8. The molecule has 138 valence electrons. The van der Waals surface area contributed by atoms with Crippen LogP contribution in [0, 0.1) is 10.1 Å². The fraction of sp³-hybridized carbons (Fsp3) is 0.235. The Morgan fingerprint density at radius 2 is 1.88 bits per heavy atom. The Morgan fingerprint density at radius 3 is 2.46 bits per heavy atom. The molecule has 5 nitrogen and oxygen atoms in total. The van der Waals surface area contributed by atoms with Crippen molar-refractivity contribution in [1.29, 1.82) is 0 Å². The molecule has 0 aliphatic heterocycles. The number of carbonyl (C=O) groups excluding carboxylic acids is 1. The second-order valence-corrected chi connectivity index (χ2v) is 6.76. The van der Waals surface area contributed by atoms with E-state index in [1.807, 2.05) is 6.92 Å². The summed E-state index contributed by atoms with van der Waals surface area (Å²) in [4.78, 5) is 22.3. The summed E-state index contributed by atoms with van der Waals surface area (Å²) in [7, 11) is 0. The molecule has 0 saturated heterocycles. The number of thioether (sulfide) groups is 1. The number of amides is 1. The van der Waals surface area contributed by atoms with Gasteiger partial charge in [-0.3, -0.25) is 14.9 Å². The predicted octanol–water partition coefficient (Wildman–Crippen LogP) is 5.05. The van der Waals surface area contributed by atoms with Crippen LogP contribution in [0.5, 0.6) is 0 Å². The number of nitrogens with one attached hydrogen (secondary N) is 1. The van der Waals surface area contributed by atoms with Gasteiger partial charge in [0, 0.05) is 23.1 Å². The van der Waals surface area contributed by atoms with Crippen molar-refractivity contribution in [1.82, 2.24) is 0 Å². The van der Waals surface area contributed by atoms with Crippen LogP contribution in [0.4, 0.5) is 24.5 Å². The van der Waals surface area contributed by atoms with Crippen molar-refractivity contribution < 1.29 is 22.9 Å². The van der Waals surface area contributed by atoms with Crippen LogP contribution in [0.25, 0.3) is 0 Å². The molecular weight excluding hydrogens is 369 g/mol. The highest BCUT2D eigenvalue weighted by Gasteiger charge is 2.30. The number of nitro benzene ring substituents is 1. The van der Waals surface area contributed by atoms with E-state index in [9.17, 15) is 28.1 Å². The maximum absolute atomic E-state index is 12.5. The minimum atomic E-state index is -4.42. The molecule has 0 aliphatic carbocycles. The van der Waals surface area contributed by atoms with Gasteiger partial charge < -0.3 is 5.32 Å². The Morgan fingerprint density at radius 1 is 1.23 bits per heavy atom. The van der Waals surface area contributed by atoms with Gasteiger partial charge in [0.15, 0.2) is 0 Å². The minimum Gasteiger partial charge on any atom is -0.325 e.